The normalized spacial score (nSPS) is 11.3. The van der Waals surface area contributed by atoms with Gasteiger partial charge in [-0.15, -0.1) is 0 Å². The number of nitrogens with zero attached hydrogens (tertiary/aromatic N) is 4. The van der Waals surface area contributed by atoms with E-state index < -0.39 is 0 Å². The molecule has 0 aliphatic carbocycles. The van der Waals surface area contributed by atoms with Gasteiger partial charge in [0.1, 0.15) is 0 Å². The van der Waals surface area contributed by atoms with Gasteiger partial charge in [-0.05, 0) is 52.9 Å². The Kier molecular flexibility index (Phi) is 7.77. The van der Waals surface area contributed by atoms with E-state index in [0.717, 1.165) is 94.3 Å². The van der Waals surface area contributed by atoms with Crippen molar-refractivity contribution < 1.29 is 0 Å². The van der Waals surface area contributed by atoms with Crippen LogP contribution in [-0.4, -0.2) is 19.9 Å². The zero-order valence-corrected chi connectivity index (χ0v) is 29.3. The molecule has 0 spiro atoms. The quantitative estimate of drug-likeness (QED) is 0.163. The highest BCUT2D eigenvalue weighted by Gasteiger charge is 2.16. The van der Waals surface area contributed by atoms with Crippen molar-refractivity contribution >= 4 is 32.6 Å². The van der Waals surface area contributed by atoms with Gasteiger partial charge in [-0.2, -0.15) is 0 Å². The number of hydrogen-bond donors (Lipinski definition) is 0. The molecule has 0 bridgehead atoms. The van der Waals surface area contributed by atoms with Gasteiger partial charge in [-0.25, -0.2) is 19.9 Å². The van der Waals surface area contributed by atoms with Crippen LogP contribution in [0, 0.1) is 0 Å². The molecule has 4 nitrogen and oxygen atoms in total. The fraction of sp³-hybridized carbons (Fsp3) is 0. The van der Waals surface area contributed by atoms with Crippen LogP contribution in [0.25, 0.3) is 100 Å². The highest BCUT2D eigenvalue weighted by molar-refractivity contribution is 6.21. The molecular formula is C50H32N4. The minimum Gasteiger partial charge on any atom is -0.248 e. The molecule has 0 aliphatic rings. The molecule has 0 saturated carbocycles. The number of fused-ring (bicyclic) bond motifs is 5. The van der Waals surface area contributed by atoms with Crippen LogP contribution in [0.5, 0.6) is 0 Å². The Morgan fingerprint density at radius 1 is 0.259 bits per heavy atom. The Labute approximate surface area is 313 Å². The molecule has 0 N–H and O–H groups in total. The van der Waals surface area contributed by atoms with Crippen LogP contribution < -0.4 is 0 Å². The first-order chi connectivity index (χ1) is 26.7. The fourth-order valence-electron chi connectivity index (χ4n) is 7.37. The predicted molar refractivity (Wildman–Crippen MR) is 223 cm³/mol. The molecule has 54 heavy (non-hydrogen) atoms. The molecule has 0 atom stereocenters. The van der Waals surface area contributed by atoms with Gasteiger partial charge in [0.05, 0.1) is 33.8 Å². The maximum Gasteiger partial charge on any atom is 0.160 e. The lowest BCUT2D eigenvalue weighted by Gasteiger charge is -2.14. The third-order valence-corrected chi connectivity index (χ3v) is 10.1. The molecule has 0 radical (unpaired) electrons. The maximum absolute atomic E-state index is 5.32. The van der Waals surface area contributed by atoms with Gasteiger partial charge in [0, 0.05) is 44.0 Å². The average Bonchev–Trinajstić information content (AvgIpc) is 3.26. The molecule has 0 saturated heterocycles. The Balaban J connectivity index is 1.09. The minimum atomic E-state index is 0.707. The van der Waals surface area contributed by atoms with Crippen molar-refractivity contribution in [3.8, 4) is 67.5 Å². The van der Waals surface area contributed by atoms with Crippen molar-refractivity contribution in [1.82, 2.24) is 19.9 Å². The van der Waals surface area contributed by atoms with E-state index in [-0.39, 0.29) is 0 Å². The zero-order chi connectivity index (χ0) is 35.8. The molecule has 7 aromatic carbocycles. The smallest absolute Gasteiger partial charge is 0.160 e. The molecule has 10 rings (SSSR count). The molecule has 252 valence electrons. The maximum atomic E-state index is 5.32. The van der Waals surface area contributed by atoms with Crippen LogP contribution >= 0.6 is 0 Å². The Bertz CT molecular complexity index is 2890. The van der Waals surface area contributed by atoms with E-state index in [9.17, 15) is 0 Å². The Morgan fingerprint density at radius 3 is 1.39 bits per heavy atom. The van der Waals surface area contributed by atoms with Gasteiger partial charge in [0.25, 0.3) is 0 Å². The molecule has 4 heteroatoms. The van der Waals surface area contributed by atoms with Crippen LogP contribution in [-0.2, 0) is 0 Å². The van der Waals surface area contributed by atoms with E-state index >= 15 is 0 Å². The molecule has 0 amide bonds. The van der Waals surface area contributed by atoms with E-state index in [1.807, 2.05) is 48.5 Å². The van der Waals surface area contributed by atoms with E-state index in [2.05, 4.69) is 146 Å². The van der Waals surface area contributed by atoms with Crippen molar-refractivity contribution in [3.63, 3.8) is 0 Å². The van der Waals surface area contributed by atoms with Crippen molar-refractivity contribution in [2.24, 2.45) is 0 Å². The summed E-state index contributed by atoms with van der Waals surface area (Å²) in [5.41, 5.74) is 13.1. The van der Waals surface area contributed by atoms with Gasteiger partial charge < -0.3 is 0 Å². The standard InChI is InChI=1S/C50H32N4/c1-5-13-34(14-6-1)43-29-27-41-44(51-43)30-26-40-42-31-39(25-28-45(42)52-49(48(40)41)37-17-9-3-10-18-37)33-21-23-36(24-22-33)47-32-46(35-15-7-2-8-16-35)53-50(54-47)38-19-11-4-12-20-38/h1-32H. The number of rotatable bonds is 6. The number of benzene rings is 7. The summed E-state index contributed by atoms with van der Waals surface area (Å²) in [5, 5.41) is 4.46. The first kappa shape index (κ1) is 31.4. The zero-order valence-electron chi connectivity index (χ0n) is 29.3. The number of hydrogen-bond acceptors (Lipinski definition) is 4. The second-order valence-electron chi connectivity index (χ2n) is 13.4. The van der Waals surface area contributed by atoms with Crippen molar-refractivity contribution in [3.05, 3.63) is 194 Å². The van der Waals surface area contributed by atoms with Crippen LogP contribution in [0.3, 0.4) is 0 Å². The summed E-state index contributed by atoms with van der Waals surface area (Å²) in [6.45, 7) is 0. The van der Waals surface area contributed by atoms with Crippen molar-refractivity contribution in [2.75, 3.05) is 0 Å². The summed E-state index contributed by atoms with van der Waals surface area (Å²) in [6, 6.07) is 67.3. The summed E-state index contributed by atoms with van der Waals surface area (Å²) in [4.78, 5) is 20.4. The third-order valence-electron chi connectivity index (χ3n) is 10.1. The summed E-state index contributed by atoms with van der Waals surface area (Å²) >= 11 is 0. The summed E-state index contributed by atoms with van der Waals surface area (Å²) < 4.78 is 0. The monoisotopic (exact) mass is 688 g/mol. The van der Waals surface area contributed by atoms with Gasteiger partial charge >= 0.3 is 0 Å². The predicted octanol–water partition coefficient (Wildman–Crippen LogP) is 12.7. The van der Waals surface area contributed by atoms with Crippen LogP contribution in [0.2, 0.25) is 0 Å². The van der Waals surface area contributed by atoms with E-state index in [1.54, 1.807) is 0 Å². The Morgan fingerprint density at radius 2 is 0.741 bits per heavy atom. The molecule has 10 aromatic rings. The van der Waals surface area contributed by atoms with E-state index in [4.69, 9.17) is 19.9 Å². The van der Waals surface area contributed by atoms with Crippen LogP contribution in [0.1, 0.15) is 0 Å². The summed E-state index contributed by atoms with van der Waals surface area (Å²) in [6.07, 6.45) is 0. The minimum absolute atomic E-state index is 0.707. The first-order valence-corrected chi connectivity index (χ1v) is 18.1. The van der Waals surface area contributed by atoms with Gasteiger partial charge in [0.2, 0.25) is 0 Å². The lowest BCUT2D eigenvalue weighted by Crippen LogP contribution is -1.95. The Hall–Kier alpha value is -7.30. The van der Waals surface area contributed by atoms with Crippen LogP contribution in [0.4, 0.5) is 0 Å². The molecular weight excluding hydrogens is 657 g/mol. The van der Waals surface area contributed by atoms with Gasteiger partial charge in [-0.1, -0.05) is 158 Å². The highest BCUT2D eigenvalue weighted by atomic mass is 14.9. The SMILES string of the molecule is c1ccc(-c2cc(-c3ccc(-c4ccc5nc(-c6ccccc6)c6c7ccc(-c8ccccc8)nc7ccc6c5c4)cc3)nc(-c3ccccc3)n2)cc1. The molecule has 3 heterocycles. The number of pyridine rings is 2. The highest BCUT2D eigenvalue weighted by Crippen LogP contribution is 2.39. The molecule has 0 unspecified atom stereocenters. The van der Waals surface area contributed by atoms with E-state index in [0.29, 0.717) is 5.82 Å². The molecule has 0 aliphatic heterocycles. The summed E-state index contributed by atoms with van der Waals surface area (Å²) in [5.74, 6) is 0.707. The first-order valence-electron chi connectivity index (χ1n) is 18.1. The van der Waals surface area contributed by atoms with E-state index in [1.165, 1.54) is 0 Å². The second kappa shape index (κ2) is 13.4. The lowest BCUT2D eigenvalue weighted by molar-refractivity contribution is 1.18. The van der Waals surface area contributed by atoms with Crippen molar-refractivity contribution in [1.29, 1.82) is 0 Å². The van der Waals surface area contributed by atoms with Crippen LogP contribution in [0.15, 0.2) is 194 Å². The summed E-state index contributed by atoms with van der Waals surface area (Å²) in [7, 11) is 0. The average molecular weight is 689 g/mol. The largest absolute Gasteiger partial charge is 0.248 e. The van der Waals surface area contributed by atoms with Gasteiger partial charge in [-0.3, -0.25) is 0 Å². The number of aromatic nitrogens is 4. The molecule has 3 aromatic heterocycles. The fourth-order valence-corrected chi connectivity index (χ4v) is 7.37. The van der Waals surface area contributed by atoms with Gasteiger partial charge in [0.15, 0.2) is 5.82 Å². The molecule has 0 fully saturated rings. The topological polar surface area (TPSA) is 51.6 Å². The lowest BCUT2D eigenvalue weighted by atomic mass is 9.94. The van der Waals surface area contributed by atoms with Crippen molar-refractivity contribution in [2.45, 2.75) is 0 Å². The second-order valence-corrected chi connectivity index (χ2v) is 13.4. The third kappa shape index (κ3) is 5.76.